The number of hydrogen-bond donors (Lipinski definition) is 0. The van der Waals surface area contributed by atoms with Crippen LogP contribution in [0.25, 0.3) is 0 Å². The van der Waals surface area contributed by atoms with Crippen LogP contribution >= 0.6 is 0 Å². The van der Waals surface area contributed by atoms with Crippen molar-refractivity contribution in [3.05, 3.63) is 35.4 Å². The molecule has 0 bridgehead atoms. The van der Waals surface area contributed by atoms with Gasteiger partial charge in [0, 0.05) is 18.9 Å². The Morgan fingerprint density at radius 1 is 1.15 bits per heavy atom. The first-order valence-corrected chi connectivity index (χ1v) is 6.57. The second-order valence-corrected chi connectivity index (χ2v) is 4.49. The van der Waals surface area contributed by atoms with Gasteiger partial charge in [0.15, 0.2) is 0 Å². The highest BCUT2D eigenvalue weighted by molar-refractivity contribution is 5.65. The molecule has 4 heteroatoms. The molecule has 20 heavy (non-hydrogen) atoms. The van der Waals surface area contributed by atoms with Crippen LogP contribution in [0.4, 0.5) is 0 Å². The summed E-state index contributed by atoms with van der Waals surface area (Å²) >= 11 is 0. The van der Waals surface area contributed by atoms with Crippen molar-refractivity contribution >= 4 is 5.97 Å². The first-order chi connectivity index (χ1) is 9.58. The summed E-state index contributed by atoms with van der Waals surface area (Å²) in [6, 6.07) is 5.73. The maximum Gasteiger partial charge on any atom is 0.302 e. The highest BCUT2D eigenvalue weighted by atomic mass is 16.5. The standard InChI is InChI=1S/C16H22O4/c1-12(10-11-20-13(2)17)8-9-14-15(18-3)6-5-7-16(14)19-4/h5-8H,9-11H2,1-4H3. The number of methoxy groups -OCH3 is 2. The minimum Gasteiger partial charge on any atom is -0.496 e. The monoisotopic (exact) mass is 278 g/mol. The van der Waals surface area contributed by atoms with Crippen molar-refractivity contribution in [1.29, 1.82) is 0 Å². The first kappa shape index (κ1) is 16.1. The van der Waals surface area contributed by atoms with Crippen LogP contribution in [0, 0.1) is 0 Å². The zero-order valence-electron chi connectivity index (χ0n) is 12.6. The number of ether oxygens (including phenoxy) is 3. The molecule has 0 aliphatic carbocycles. The molecule has 0 heterocycles. The van der Waals surface area contributed by atoms with Gasteiger partial charge in [-0.2, -0.15) is 0 Å². The fourth-order valence-corrected chi connectivity index (χ4v) is 1.86. The molecule has 0 radical (unpaired) electrons. The summed E-state index contributed by atoms with van der Waals surface area (Å²) < 4.78 is 15.6. The van der Waals surface area contributed by atoms with Crippen LogP contribution in [0.3, 0.4) is 0 Å². The summed E-state index contributed by atoms with van der Waals surface area (Å²) in [5, 5.41) is 0. The number of esters is 1. The predicted octanol–water partition coefficient (Wildman–Crippen LogP) is 3.15. The Morgan fingerprint density at radius 2 is 1.75 bits per heavy atom. The zero-order valence-corrected chi connectivity index (χ0v) is 12.6. The highest BCUT2D eigenvalue weighted by Crippen LogP contribution is 2.29. The minimum atomic E-state index is -0.246. The Bertz CT molecular complexity index is 455. The summed E-state index contributed by atoms with van der Waals surface area (Å²) in [4.78, 5) is 10.7. The van der Waals surface area contributed by atoms with Crippen molar-refractivity contribution in [2.75, 3.05) is 20.8 Å². The van der Waals surface area contributed by atoms with E-state index in [0.717, 1.165) is 29.9 Å². The molecule has 110 valence electrons. The van der Waals surface area contributed by atoms with Crippen LogP contribution in [0.1, 0.15) is 25.8 Å². The van der Waals surface area contributed by atoms with Crippen molar-refractivity contribution in [3.8, 4) is 11.5 Å². The van der Waals surface area contributed by atoms with Crippen molar-refractivity contribution in [3.63, 3.8) is 0 Å². The van der Waals surface area contributed by atoms with Gasteiger partial charge in [0.25, 0.3) is 0 Å². The molecule has 1 aromatic rings. The largest absolute Gasteiger partial charge is 0.496 e. The van der Waals surface area contributed by atoms with E-state index in [-0.39, 0.29) is 5.97 Å². The average Bonchev–Trinajstić information content (AvgIpc) is 2.44. The lowest BCUT2D eigenvalue weighted by Gasteiger charge is -2.11. The summed E-state index contributed by atoms with van der Waals surface area (Å²) in [7, 11) is 3.30. The molecule has 0 atom stereocenters. The normalized spacial score (nSPS) is 11.1. The second kappa shape index (κ2) is 8.25. The van der Waals surface area contributed by atoms with Gasteiger partial charge in [0.05, 0.1) is 20.8 Å². The number of allylic oxidation sites excluding steroid dienone is 1. The van der Waals surface area contributed by atoms with Crippen molar-refractivity contribution < 1.29 is 19.0 Å². The van der Waals surface area contributed by atoms with Gasteiger partial charge in [-0.25, -0.2) is 0 Å². The topological polar surface area (TPSA) is 44.8 Å². The third kappa shape index (κ3) is 4.96. The van der Waals surface area contributed by atoms with Gasteiger partial charge in [-0.3, -0.25) is 4.79 Å². The zero-order chi connectivity index (χ0) is 15.0. The van der Waals surface area contributed by atoms with Gasteiger partial charge in [-0.05, 0) is 25.5 Å². The van der Waals surface area contributed by atoms with Crippen LogP contribution in [0.15, 0.2) is 29.8 Å². The van der Waals surface area contributed by atoms with E-state index in [1.807, 2.05) is 25.1 Å². The molecule has 0 saturated carbocycles. The number of carbonyl (C=O) groups excluding carboxylic acids is 1. The lowest BCUT2D eigenvalue weighted by atomic mass is 10.1. The SMILES string of the molecule is COc1cccc(OC)c1CC=C(C)CCOC(C)=O. The molecule has 0 amide bonds. The smallest absolute Gasteiger partial charge is 0.302 e. The minimum absolute atomic E-state index is 0.246. The average molecular weight is 278 g/mol. The van der Waals surface area contributed by atoms with E-state index in [2.05, 4.69) is 6.08 Å². The molecule has 0 unspecified atom stereocenters. The molecular weight excluding hydrogens is 256 g/mol. The quantitative estimate of drug-likeness (QED) is 0.568. The molecule has 0 aliphatic heterocycles. The maximum absolute atomic E-state index is 10.7. The van der Waals surface area contributed by atoms with Gasteiger partial charge in [0.1, 0.15) is 11.5 Å². The van der Waals surface area contributed by atoms with Crippen LogP contribution < -0.4 is 9.47 Å². The third-order valence-corrected chi connectivity index (χ3v) is 2.99. The molecule has 4 nitrogen and oxygen atoms in total. The molecular formula is C16H22O4. The van der Waals surface area contributed by atoms with Crippen molar-refractivity contribution in [2.45, 2.75) is 26.7 Å². The molecule has 0 fully saturated rings. The number of carbonyl (C=O) groups is 1. The van der Waals surface area contributed by atoms with Crippen LogP contribution in [-0.2, 0) is 16.0 Å². The summed E-state index contributed by atoms with van der Waals surface area (Å²) in [5.74, 6) is 1.38. The molecule has 1 rings (SSSR count). The van der Waals surface area contributed by atoms with Gasteiger partial charge in [0.2, 0.25) is 0 Å². The molecule has 1 aromatic carbocycles. The Labute approximate surface area is 120 Å². The van der Waals surface area contributed by atoms with E-state index in [9.17, 15) is 4.79 Å². The van der Waals surface area contributed by atoms with E-state index < -0.39 is 0 Å². The number of hydrogen-bond acceptors (Lipinski definition) is 4. The molecule has 0 aliphatic rings. The fraction of sp³-hybridized carbons (Fsp3) is 0.438. The second-order valence-electron chi connectivity index (χ2n) is 4.49. The predicted molar refractivity (Wildman–Crippen MR) is 78.3 cm³/mol. The molecule has 0 N–H and O–H groups in total. The van der Waals surface area contributed by atoms with E-state index in [1.165, 1.54) is 12.5 Å². The Kier molecular flexibility index (Phi) is 6.64. The molecule has 0 spiro atoms. The Morgan fingerprint density at radius 3 is 2.25 bits per heavy atom. The lowest BCUT2D eigenvalue weighted by Crippen LogP contribution is -2.01. The van der Waals surface area contributed by atoms with E-state index in [1.54, 1.807) is 14.2 Å². The van der Waals surface area contributed by atoms with Gasteiger partial charge < -0.3 is 14.2 Å². The van der Waals surface area contributed by atoms with Gasteiger partial charge in [-0.15, -0.1) is 0 Å². The van der Waals surface area contributed by atoms with Crippen LogP contribution in [0.5, 0.6) is 11.5 Å². The Balaban J connectivity index is 2.70. The summed E-state index contributed by atoms with van der Waals surface area (Å²) in [6.45, 7) is 3.85. The van der Waals surface area contributed by atoms with Gasteiger partial charge in [-0.1, -0.05) is 17.7 Å². The first-order valence-electron chi connectivity index (χ1n) is 6.57. The fourth-order valence-electron chi connectivity index (χ4n) is 1.86. The number of benzene rings is 1. The third-order valence-electron chi connectivity index (χ3n) is 2.99. The lowest BCUT2D eigenvalue weighted by molar-refractivity contribution is -0.140. The highest BCUT2D eigenvalue weighted by Gasteiger charge is 2.08. The molecule has 0 saturated heterocycles. The maximum atomic E-state index is 10.7. The molecule has 0 aromatic heterocycles. The van der Waals surface area contributed by atoms with Crippen LogP contribution in [0.2, 0.25) is 0 Å². The summed E-state index contributed by atoms with van der Waals surface area (Å²) in [6.07, 6.45) is 3.56. The Hall–Kier alpha value is -1.97. The van der Waals surface area contributed by atoms with Gasteiger partial charge >= 0.3 is 5.97 Å². The van der Waals surface area contributed by atoms with E-state index >= 15 is 0 Å². The van der Waals surface area contributed by atoms with E-state index in [0.29, 0.717) is 6.61 Å². The van der Waals surface area contributed by atoms with Crippen molar-refractivity contribution in [1.82, 2.24) is 0 Å². The number of rotatable bonds is 7. The van der Waals surface area contributed by atoms with E-state index in [4.69, 9.17) is 14.2 Å². The van der Waals surface area contributed by atoms with Crippen molar-refractivity contribution in [2.24, 2.45) is 0 Å². The van der Waals surface area contributed by atoms with Crippen LogP contribution in [-0.4, -0.2) is 26.8 Å². The summed E-state index contributed by atoms with van der Waals surface area (Å²) in [5.41, 5.74) is 2.18.